The number of likely N-dealkylation sites (tertiary alicyclic amines) is 1. The molecule has 0 radical (unpaired) electrons. The minimum atomic E-state index is -1.12. The molecule has 1 saturated carbocycles. The van der Waals surface area contributed by atoms with Crippen LogP contribution in [-0.4, -0.2) is 92.1 Å². The Hall–Kier alpha value is -7.50. The van der Waals surface area contributed by atoms with E-state index in [1.165, 1.54) is 11.3 Å². The molecule has 4 N–H and O–H groups in total. The number of hydrogen-bond acceptors (Lipinski definition) is 12. The summed E-state index contributed by atoms with van der Waals surface area (Å²) in [6.45, 7) is 5.62. The molecule has 4 aromatic carbocycles. The van der Waals surface area contributed by atoms with Crippen molar-refractivity contribution < 1.29 is 33.8 Å². The van der Waals surface area contributed by atoms with E-state index in [-0.39, 0.29) is 35.7 Å². The number of ether oxygens (including phenoxy) is 1. The molecule has 6 heterocycles. The Morgan fingerprint density at radius 2 is 1.71 bits per heavy atom. The highest BCUT2D eigenvalue weighted by atomic mass is 32.1. The topological polar surface area (TPSA) is 201 Å². The summed E-state index contributed by atoms with van der Waals surface area (Å²) < 4.78 is 9.16. The molecule has 3 atom stereocenters. The second kappa shape index (κ2) is 19.6. The summed E-state index contributed by atoms with van der Waals surface area (Å²) in [6, 6.07) is 28.6. The molecule has 11 rings (SSSR count). The maximum Gasteiger partial charge on any atom is 0.355 e. The maximum absolute atomic E-state index is 13.6. The minimum Gasteiger partial charge on any atom is -0.493 e. The SMILES string of the molecule is Cc1c(OCC2CC2CC2CCN(CC(=O)Nc3ccc4c(C5CCC(=O)NC5=O)nn(C)c4c3)CC2)cccc1-c1ccc(N2CCc3cccc(C(=O)Nc4nc5ccccc5s4)c3C2)nc1C(=O)O. The highest BCUT2D eigenvalue weighted by Crippen LogP contribution is 2.46. The van der Waals surface area contributed by atoms with Gasteiger partial charge in [0.05, 0.1) is 40.5 Å². The van der Waals surface area contributed by atoms with Crippen molar-refractivity contribution in [1.29, 1.82) is 0 Å². The van der Waals surface area contributed by atoms with Gasteiger partial charge in [0.25, 0.3) is 5.91 Å². The third-order valence-corrected chi connectivity index (χ3v) is 15.9. The lowest BCUT2D eigenvalue weighted by atomic mass is 9.91. The van der Waals surface area contributed by atoms with Gasteiger partial charge in [0, 0.05) is 48.8 Å². The van der Waals surface area contributed by atoms with E-state index in [4.69, 9.17) is 9.72 Å². The number of anilines is 3. The molecular weight excluding hydrogens is 931 g/mol. The van der Waals surface area contributed by atoms with Gasteiger partial charge in [-0.25, -0.2) is 14.8 Å². The van der Waals surface area contributed by atoms with Gasteiger partial charge in [-0.15, -0.1) is 0 Å². The fourth-order valence-electron chi connectivity index (χ4n) is 10.9. The summed E-state index contributed by atoms with van der Waals surface area (Å²) in [5, 5.41) is 24.9. The number of carbonyl (C=O) groups is 5. The van der Waals surface area contributed by atoms with Crippen molar-refractivity contribution >= 4 is 78.7 Å². The minimum absolute atomic E-state index is 0.0413. The van der Waals surface area contributed by atoms with Gasteiger partial charge in [0.15, 0.2) is 10.8 Å². The lowest BCUT2D eigenvalue weighted by Crippen LogP contribution is -2.39. The van der Waals surface area contributed by atoms with E-state index < -0.39 is 11.9 Å². The number of carboxylic acids is 1. The molecule has 3 fully saturated rings. The number of rotatable bonds is 14. The van der Waals surface area contributed by atoms with E-state index in [1.54, 1.807) is 4.68 Å². The van der Waals surface area contributed by atoms with Crippen LogP contribution >= 0.6 is 11.3 Å². The van der Waals surface area contributed by atoms with Crippen LogP contribution in [0.1, 0.15) is 87.7 Å². The maximum atomic E-state index is 13.6. The summed E-state index contributed by atoms with van der Waals surface area (Å²) in [7, 11) is 1.81. The molecule has 72 heavy (non-hydrogen) atoms. The Morgan fingerprint density at radius 3 is 2.53 bits per heavy atom. The number of carboxylic acid groups (broad SMARTS) is 1. The molecule has 7 aromatic rings. The van der Waals surface area contributed by atoms with Crippen LogP contribution < -0.4 is 25.6 Å². The predicted molar refractivity (Wildman–Crippen MR) is 275 cm³/mol. The van der Waals surface area contributed by atoms with Crippen LogP contribution in [0.15, 0.2) is 91.0 Å². The number of nitrogens with one attached hydrogen (secondary N) is 3. The predicted octanol–water partition coefficient (Wildman–Crippen LogP) is 8.34. The van der Waals surface area contributed by atoms with Crippen molar-refractivity contribution in [3.05, 3.63) is 125 Å². The highest BCUT2D eigenvalue weighted by Gasteiger charge is 2.40. The monoisotopic (exact) mass is 985 g/mol. The van der Waals surface area contributed by atoms with Crippen LogP contribution in [0.3, 0.4) is 0 Å². The third kappa shape index (κ3) is 9.65. The Labute approximate surface area is 419 Å². The lowest BCUT2D eigenvalue weighted by molar-refractivity contribution is -0.134. The molecule has 0 spiro atoms. The standard InChI is InChI=1S/C55H55N9O7S/c1-31-37(38-15-17-47(58-51(38)54(69)70)64-24-21-33-7-5-9-39(42(33)28-64)52(67)60-55-57-43-10-3-4-12-46(43)72-55)8-6-11-45(31)71-30-35-26-34(35)25-32-19-22-63(23-20-32)29-49(66)56-36-13-14-40-44(27-36)62(2)61-50(40)41-16-18-48(65)59-53(41)68/h3-15,17,27,32,34-35,41H,16,18-26,28-30H2,1-2H3,(H,56,66)(H,69,70)(H,57,60,67)(H,59,65,68). The summed E-state index contributed by atoms with van der Waals surface area (Å²) in [6.07, 6.45) is 5.71. The van der Waals surface area contributed by atoms with Crippen LogP contribution in [0.25, 0.3) is 32.2 Å². The number of aromatic carboxylic acids is 1. The number of thiazole rings is 1. The van der Waals surface area contributed by atoms with E-state index in [2.05, 4.69) is 30.9 Å². The average Bonchev–Trinajstić information content (AvgIpc) is 3.85. The third-order valence-electron chi connectivity index (χ3n) is 15.0. The number of aryl methyl sites for hydroxylation is 1. The van der Waals surface area contributed by atoms with Gasteiger partial charge in [-0.05, 0) is 153 Å². The lowest BCUT2D eigenvalue weighted by Gasteiger charge is -2.31. The zero-order valence-corrected chi connectivity index (χ0v) is 41.0. The second-order valence-corrected chi connectivity index (χ2v) is 20.7. The second-order valence-electron chi connectivity index (χ2n) is 19.7. The van der Waals surface area contributed by atoms with Gasteiger partial charge in [-0.3, -0.25) is 39.4 Å². The van der Waals surface area contributed by atoms with Crippen molar-refractivity contribution in [2.45, 2.75) is 64.3 Å². The van der Waals surface area contributed by atoms with Crippen molar-refractivity contribution in [2.75, 3.05) is 48.3 Å². The Balaban J connectivity index is 0.663. The molecule has 16 nitrogen and oxygen atoms in total. The molecule has 0 bridgehead atoms. The van der Waals surface area contributed by atoms with E-state index in [0.717, 1.165) is 87.9 Å². The molecule has 1 aliphatic carbocycles. The molecule has 2 saturated heterocycles. The first-order valence-electron chi connectivity index (χ1n) is 24.7. The van der Waals surface area contributed by atoms with Gasteiger partial charge >= 0.3 is 5.97 Å². The average molecular weight is 986 g/mol. The summed E-state index contributed by atoms with van der Waals surface area (Å²) >= 11 is 1.43. The number of nitrogens with zero attached hydrogens (tertiary/aromatic N) is 6. The smallest absolute Gasteiger partial charge is 0.355 e. The van der Waals surface area contributed by atoms with E-state index >= 15 is 0 Å². The number of carbonyl (C=O) groups excluding carboxylic acids is 4. The molecular formula is C55H55N9O7S. The Morgan fingerprint density at radius 1 is 0.875 bits per heavy atom. The van der Waals surface area contributed by atoms with Crippen molar-refractivity contribution in [1.82, 2.24) is 30.0 Å². The van der Waals surface area contributed by atoms with Gasteiger partial charge in [-0.2, -0.15) is 5.10 Å². The van der Waals surface area contributed by atoms with E-state index in [1.807, 2.05) is 110 Å². The van der Waals surface area contributed by atoms with Gasteiger partial charge in [0.2, 0.25) is 17.7 Å². The number of piperidine rings is 2. The first kappa shape index (κ1) is 46.9. The molecule has 3 unspecified atom stereocenters. The number of pyridine rings is 1. The van der Waals surface area contributed by atoms with Crippen molar-refractivity contribution in [3.8, 4) is 16.9 Å². The highest BCUT2D eigenvalue weighted by molar-refractivity contribution is 7.22. The van der Waals surface area contributed by atoms with Gasteiger partial charge in [0.1, 0.15) is 11.6 Å². The van der Waals surface area contributed by atoms with E-state index in [9.17, 15) is 29.1 Å². The molecule has 3 aliphatic heterocycles. The first-order valence-corrected chi connectivity index (χ1v) is 25.6. The number of aromatic nitrogens is 4. The van der Waals surface area contributed by atoms with Crippen LogP contribution in [0, 0.1) is 24.7 Å². The van der Waals surface area contributed by atoms with E-state index in [0.29, 0.717) is 90.3 Å². The fraction of sp³-hybridized carbons (Fsp3) is 0.345. The van der Waals surface area contributed by atoms with Crippen LogP contribution in [0.4, 0.5) is 16.6 Å². The van der Waals surface area contributed by atoms with Crippen LogP contribution in [-0.2, 0) is 34.4 Å². The molecule has 4 aliphatic rings. The summed E-state index contributed by atoms with van der Waals surface area (Å²) in [5.74, 6) is 0.394. The fourth-order valence-corrected chi connectivity index (χ4v) is 11.8. The number of amides is 4. The Bertz CT molecular complexity index is 3270. The van der Waals surface area contributed by atoms with Gasteiger partial charge in [-0.1, -0.05) is 47.7 Å². The largest absolute Gasteiger partial charge is 0.493 e. The summed E-state index contributed by atoms with van der Waals surface area (Å²) in [4.78, 5) is 77.5. The zero-order chi connectivity index (χ0) is 49.6. The molecule has 4 amide bonds. The quantitative estimate of drug-likeness (QED) is 0.0761. The number of hydrogen-bond donors (Lipinski definition) is 4. The van der Waals surface area contributed by atoms with Crippen LogP contribution in [0.2, 0.25) is 0 Å². The number of benzene rings is 4. The molecule has 3 aromatic heterocycles. The van der Waals surface area contributed by atoms with Gasteiger partial charge < -0.3 is 20.1 Å². The summed E-state index contributed by atoms with van der Waals surface area (Å²) in [5.41, 5.74) is 7.55. The van der Waals surface area contributed by atoms with Crippen LogP contribution in [0.5, 0.6) is 5.75 Å². The number of fused-ring (bicyclic) bond motifs is 3. The number of para-hydroxylation sites is 1. The van der Waals surface area contributed by atoms with Crippen molar-refractivity contribution in [2.24, 2.45) is 24.8 Å². The molecule has 368 valence electrons. The molecule has 17 heteroatoms. The Kier molecular flexibility index (Phi) is 12.8. The van der Waals surface area contributed by atoms with Crippen molar-refractivity contribution in [3.63, 3.8) is 0 Å². The normalized spacial score (nSPS) is 19.2. The number of imide groups is 1. The first-order chi connectivity index (χ1) is 34.9. The zero-order valence-electron chi connectivity index (χ0n) is 40.2.